The number of fused-ring (bicyclic) bond motifs is 1. The number of carbonyl (C=O) groups is 2. The van der Waals surface area contributed by atoms with Gasteiger partial charge < -0.3 is 9.91 Å². The minimum atomic E-state index is -0.317. The van der Waals surface area contributed by atoms with E-state index < -0.39 is 0 Å². The molecule has 0 saturated carbocycles. The van der Waals surface area contributed by atoms with Crippen molar-refractivity contribution in [2.45, 2.75) is 6.42 Å². The van der Waals surface area contributed by atoms with Gasteiger partial charge in [-0.25, -0.2) is 24.1 Å². The zero-order chi connectivity index (χ0) is 16.1. The summed E-state index contributed by atoms with van der Waals surface area (Å²) in [6.45, 7) is 3.68. The molecule has 3 amide bonds. The average Bonchev–Trinajstić information content (AvgIpc) is 2.80. The number of hydrogen-bond acceptors (Lipinski definition) is 5. The van der Waals surface area contributed by atoms with Crippen LogP contribution in [0, 0.1) is 0 Å². The number of carbonyl (C=O) groups excluding carboxylic acids is 2. The Hall–Kier alpha value is -1.93. The first kappa shape index (κ1) is 15.0. The monoisotopic (exact) mass is 307 g/mol. The first-order valence-corrected chi connectivity index (χ1v) is 7.52. The van der Waals surface area contributed by atoms with Crippen LogP contribution >= 0.6 is 0 Å². The average molecular weight is 307 g/mol. The van der Waals surface area contributed by atoms with Crippen molar-refractivity contribution in [3.8, 4) is 0 Å². The number of rotatable bonds is 1. The van der Waals surface area contributed by atoms with E-state index in [1.807, 2.05) is 4.68 Å². The van der Waals surface area contributed by atoms with Crippen molar-refractivity contribution in [2.24, 2.45) is 0 Å². The molecule has 3 heterocycles. The highest BCUT2D eigenvalue weighted by Crippen LogP contribution is 2.29. The first-order valence-electron chi connectivity index (χ1n) is 7.52. The summed E-state index contributed by atoms with van der Waals surface area (Å²) < 4.78 is 1.52. The lowest BCUT2D eigenvalue weighted by Crippen LogP contribution is -2.60. The van der Waals surface area contributed by atoms with Crippen LogP contribution in [-0.2, 0) is 0 Å². The van der Waals surface area contributed by atoms with Crippen molar-refractivity contribution in [3.05, 3.63) is 12.0 Å². The van der Waals surface area contributed by atoms with Crippen LogP contribution in [0.3, 0.4) is 0 Å². The van der Waals surface area contributed by atoms with Crippen LogP contribution < -0.4 is 9.91 Å². The van der Waals surface area contributed by atoms with E-state index >= 15 is 0 Å². The molecule has 2 aliphatic heterocycles. The van der Waals surface area contributed by atoms with Crippen molar-refractivity contribution in [1.82, 2.24) is 14.6 Å². The second-order valence-corrected chi connectivity index (χ2v) is 6.47. The fourth-order valence-electron chi connectivity index (χ4n) is 3.05. The summed E-state index contributed by atoms with van der Waals surface area (Å²) in [6, 6.07) is -0.265. The lowest BCUT2D eigenvalue weighted by Gasteiger charge is -2.34. The molecule has 2 aliphatic rings. The van der Waals surface area contributed by atoms with E-state index in [1.165, 1.54) is 4.90 Å². The van der Waals surface area contributed by atoms with E-state index in [2.05, 4.69) is 21.9 Å². The van der Waals surface area contributed by atoms with Crippen molar-refractivity contribution in [3.63, 3.8) is 0 Å². The van der Waals surface area contributed by atoms with Gasteiger partial charge in [0.25, 0.3) is 0 Å². The Morgan fingerprint density at radius 2 is 1.82 bits per heavy atom. The summed E-state index contributed by atoms with van der Waals surface area (Å²) in [4.78, 5) is 33.2. The topological polar surface area (TPSA) is 61.7 Å². The molecule has 0 atom stereocenters. The zero-order valence-corrected chi connectivity index (χ0v) is 13.6. The summed E-state index contributed by atoms with van der Waals surface area (Å²) in [7, 11) is 7.01. The van der Waals surface area contributed by atoms with Gasteiger partial charge in [0.05, 0.1) is 14.1 Å². The van der Waals surface area contributed by atoms with E-state index in [-0.39, 0.29) is 16.4 Å². The molecule has 0 radical (unpaired) electrons. The second-order valence-electron chi connectivity index (χ2n) is 6.47. The molecular formula is C14H23N6O2+. The van der Waals surface area contributed by atoms with Gasteiger partial charge in [-0.3, -0.25) is 0 Å². The van der Waals surface area contributed by atoms with E-state index in [9.17, 15) is 9.59 Å². The molecule has 0 bridgehead atoms. The van der Waals surface area contributed by atoms with Gasteiger partial charge in [-0.15, -0.1) is 0 Å². The highest BCUT2D eigenvalue weighted by atomic mass is 16.2. The number of nitrogens with zero attached hydrogens (tertiary/aromatic N) is 6. The molecule has 3 rings (SSSR count). The fraction of sp³-hybridized carbons (Fsp3) is 0.643. The van der Waals surface area contributed by atoms with E-state index in [4.69, 9.17) is 0 Å². The van der Waals surface area contributed by atoms with Crippen LogP contribution in [0.2, 0.25) is 0 Å². The third-order valence-corrected chi connectivity index (χ3v) is 4.52. The van der Waals surface area contributed by atoms with Crippen LogP contribution in [0.15, 0.2) is 6.33 Å². The number of likely N-dealkylation sites (N-methyl/N-ethyl adjacent to an activating group) is 1. The van der Waals surface area contributed by atoms with Crippen molar-refractivity contribution < 1.29 is 14.1 Å². The van der Waals surface area contributed by atoms with Gasteiger partial charge in [-0.1, -0.05) is 0 Å². The molecule has 1 aromatic rings. The van der Waals surface area contributed by atoms with Gasteiger partial charge in [0.15, 0.2) is 5.82 Å². The molecule has 0 spiro atoms. The van der Waals surface area contributed by atoms with Crippen LogP contribution in [-0.4, -0.2) is 85.4 Å². The maximum absolute atomic E-state index is 12.8. The molecular weight excluding hydrogens is 284 g/mol. The number of amides is 3. The molecule has 0 unspecified atom stereocenters. The Balaban J connectivity index is 2.02. The molecule has 1 saturated heterocycles. The Morgan fingerprint density at radius 1 is 1.09 bits per heavy atom. The Morgan fingerprint density at radius 3 is 2.55 bits per heavy atom. The van der Waals surface area contributed by atoms with Crippen LogP contribution in [0.5, 0.6) is 0 Å². The Kier molecular flexibility index (Phi) is 3.45. The van der Waals surface area contributed by atoms with E-state index in [0.717, 1.165) is 32.6 Å². The predicted octanol–water partition coefficient (Wildman–Crippen LogP) is -0.0570. The second kappa shape index (κ2) is 5.06. The van der Waals surface area contributed by atoms with Crippen LogP contribution in [0.1, 0.15) is 16.9 Å². The summed E-state index contributed by atoms with van der Waals surface area (Å²) >= 11 is 0. The molecule has 8 nitrogen and oxygen atoms in total. The van der Waals surface area contributed by atoms with Crippen LogP contribution in [0.4, 0.5) is 10.6 Å². The van der Waals surface area contributed by atoms with Gasteiger partial charge in [-0.05, 0) is 20.0 Å². The van der Waals surface area contributed by atoms with Crippen molar-refractivity contribution in [2.75, 3.05) is 64.3 Å². The Labute approximate surface area is 130 Å². The predicted molar refractivity (Wildman–Crippen MR) is 82.5 cm³/mol. The summed E-state index contributed by atoms with van der Waals surface area (Å²) in [5.74, 6) is 0.234. The molecule has 22 heavy (non-hydrogen) atoms. The van der Waals surface area contributed by atoms with E-state index in [0.29, 0.717) is 11.5 Å². The number of urea groups is 1. The number of imide groups is 1. The smallest absolute Gasteiger partial charge is 0.310 e. The largest absolute Gasteiger partial charge is 0.432 e. The van der Waals surface area contributed by atoms with Gasteiger partial charge in [0, 0.05) is 26.7 Å². The minimum absolute atomic E-state index is 0.215. The standard InChI is InChI=1S/C14H23N6O2/c1-16-6-5-7-18(9-8-16)19-10-15-12-11(19)13(21)20(3,4)14(22)17(12)2/h10H,5-9H2,1-4H3/q+1. The lowest BCUT2D eigenvalue weighted by atomic mass is 10.2. The maximum atomic E-state index is 12.8. The fourth-order valence-corrected chi connectivity index (χ4v) is 3.05. The minimum Gasteiger partial charge on any atom is -0.310 e. The molecule has 0 aliphatic carbocycles. The summed E-state index contributed by atoms with van der Waals surface area (Å²) in [5, 5.41) is 2.14. The highest BCUT2D eigenvalue weighted by molar-refractivity contribution is 6.07. The van der Waals surface area contributed by atoms with Gasteiger partial charge >= 0.3 is 11.9 Å². The molecule has 1 aromatic heterocycles. The van der Waals surface area contributed by atoms with Gasteiger partial charge in [0.1, 0.15) is 6.33 Å². The summed E-state index contributed by atoms with van der Waals surface area (Å²) in [5.41, 5.74) is 0.497. The third-order valence-electron chi connectivity index (χ3n) is 4.52. The zero-order valence-electron chi connectivity index (χ0n) is 13.6. The highest BCUT2D eigenvalue weighted by Gasteiger charge is 2.49. The molecule has 0 aromatic carbocycles. The van der Waals surface area contributed by atoms with Crippen molar-refractivity contribution >= 4 is 17.8 Å². The van der Waals surface area contributed by atoms with Crippen LogP contribution in [0.25, 0.3) is 0 Å². The summed E-state index contributed by atoms with van der Waals surface area (Å²) in [6.07, 6.45) is 2.69. The maximum Gasteiger partial charge on any atom is 0.432 e. The van der Waals surface area contributed by atoms with Gasteiger partial charge in [0.2, 0.25) is 5.69 Å². The third kappa shape index (κ3) is 2.10. The molecule has 1 fully saturated rings. The van der Waals surface area contributed by atoms with E-state index in [1.54, 1.807) is 27.5 Å². The lowest BCUT2D eigenvalue weighted by molar-refractivity contribution is -0.721. The quantitative estimate of drug-likeness (QED) is 0.681. The molecule has 120 valence electrons. The molecule has 8 heteroatoms. The number of anilines is 1. The number of quaternary nitrogens is 1. The normalized spacial score (nSPS) is 22.7. The number of aromatic nitrogens is 2. The SMILES string of the molecule is CN1CCCN(n2cnc3c2C(=O)[N+](C)(C)C(=O)N3C)CC1. The first-order chi connectivity index (χ1) is 10.3. The number of imidazole rings is 1. The number of hydrogen-bond donors (Lipinski definition) is 0. The van der Waals surface area contributed by atoms with Crippen molar-refractivity contribution in [1.29, 1.82) is 0 Å². The Bertz CT molecular complexity index is 623. The molecule has 0 N–H and O–H groups in total. The van der Waals surface area contributed by atoms with Gasteiger partial charge in [-0.2, -0.15) is 4.48 Å².